The maximum atomic E-state index is 3.41. The summed E-state index contributed by atoms with van der Waals surface area (Å²) in [6.07, 6.45) is 2.86. The lowest BCUT2D eigenvalue weighted by Crippen LogP contribution is -2.35. The Balaban J connectivity index is 2.49. The monoisotopic (exact) mass is 183 g/mol. The van der Waals surface area contributed by atoms with Gasteiger partial charge in [-0.25, -0.2) is 0 Å². The van der Waals surface area contributed by atoms with Gasteiger partial charge in [-0.05, 0) is 44.1 Å². The van der Waals surface area contributed by atoms with Crippen LogP contribution < -0.4 is 5.32 Å². The van der Waals surface area contributed by atoms with Crippen LogP contribution in [0.3, 0.4) is 0 Å². The molecule has 0 radical (unpaired) electrons. The molecule has 78 valence electrons. The van der Waals surface area contributed by atoms with Gasteiger partial charge in [0.05, 0.1) is 0 Å². The highest BCUT2D eigenvalue weighted by atomic mass is 14.9. The third-order valence-corrected chi connectivity index (χ3v) is 3.80. The van der Waals surface area contributed by atoms with E-state index < -0.39 is 0 Å². The smallest absolute Gasteiger partial charge is 0.00691 e. The molecule has 0 aliphatic heterocycles. The van der Waals surface area contributed by atoms with Crippen molar-refractivity contribution in [2.75, 3.05) is 7.05 Å². The Labute approximate surface area is 83.3 Å². The van der Waals surface area contributed by atoms with Gasteiger partial charge in [0.2, 0.25) is 0 Å². The second-order valence-electron chi connectivity index (χ2n) is 4.97. The van der Waals surface area contributed by atoms with E-state index in [0.717, 1.165) is 23.7 Å². The molecule has 1 saturated carbocycles. The minimum Gasteiger partial charge on any atom is -0.317 e. The lowest BCUT2D eigenvalue weighted by Gasteiger charge is -2.27. The first-order valence-corrected chi connectivity index (χ1v) is 5.79. The number of hydrogen-bond donors (Lipinski definition) is 1. The number of hydrogen-bond acceptors (Lipinski definition) is 1. The molecule has 0 aromatic carbocycles. The molecule has 1 rings (SSSR count). The highest BCUT2D eigenvalue weighted by Crippen LogP contribution is 2.49. The minimum atomic E-state index is 0.682. The van der Waals surface area contributed by atoms with Gasteiger partial charge in [0.25, 0.3) is 0 Å². The molecule has 1 heteroatoms. The van der Waals surface area contributed by atoms with Crippen molar-refractivity contribution in [3.05, 3.63) is 0 Å². The molecule has 0 saturated heterocycles. The maximum absolute atomic E-state index is 3.41. The van der Waals surface area contributed by atoms with Crippen molar-refractivity contribution < 1.29 is 0 Å². The molecule has 0 bridgehead atoms. The molecule has 1 N–H and O–H groups in total. The second-order valence-corrected chi connectivity index (χ2v) is 4.97. The topological polar surface area (TPSA) is 12.0 Å². The van der Waals surface area contributed by atoms with Gasteiger partial charge in [-0.15, -0.1) is 0 Å². The Morgan fingerprint density at radius 2 is 1.92 bits per heavy atom. The average Bonchev–Trinajstić information content (AvgIpc) is 2.83. The molecular formula is C12H25N. The van der Waals surface area contributed by atoms with E-state index in [0.29, 0.717) is 6.04 Å². The first-order valence-electron chi connectivity index (χ1n) is 5.79. The summed E-state index contributed by atoms with van der Waals surface area (Å²) in [6.45, 7) is 9.38. The van der Waals surface area contributed by atoms with Crippen molar-refractivity contribution in [1.82, 2.24) is 5.32 Å². The van der Waals surface area contributed by atoms with E-state index >= 15 is 0 Å². The van der Waals surface area contributed by atoms with Crippen LogP contribution in [0.2, 0.25) is 0 Å². The summed E-state index contributed by atoms with van der Waals surface area (Å²) in [4.78, 5) is 0. The normalized spacial score (nSPS) is 31.8. The van der Waals surface area contributed by atoms with Crippen LogP contribution in [0.5, 0.6) is 0 Å². The van der Waals surface area contributed by atoms with Gasteiger partial charge in [0.1, 0.15) is 0 Å². The molecule has 0 aromatic rings. The fraction of sp³-hybridized carbons (Fsp3) is 1.00. The fourth-order valence-electron chi connectivity index (χ4n) is 2.85. The zero-order chi connectivity index (χ0) is 10.0. The van der Waals surface area contributed by atoms with Crippen LogP contribution in [0.1, 0.15) is 40.5 Å². The first-order chi connectivity index (χ1) is 6.11. The predicted octanol–water partition coefficient (Wildman–Crippen LogP) is 2.91. The highest BCUT2D eigenvalue weighted by molar-refractivity contribution is 4.94. The molecule has 13 heavy (non-hydrogen) atoms. The van der Waals surface area contributed by atoms with Crippen LogP contribution in [-0.4, -0.2) is 13.1 Å². The Bertz CT molecular complexity index is 153. The Hall–Kier alpha value is -0.0400. The zero-order valence-electron chi connectivity index (χ0n) is 9.80. The molecule has 0 spiro atoms. The van der Waals surface area contributed by atoms with Gasteiger partial charge in [0, 0.05) is 6.04 Å². The number of nitrogens with one attached hydrogen (secondary N) is 1. The lowest BCUT2D eigenvalue weighted by atomic mass is 9.84. The quantitative estimate of drug-likeness (QED) is 0.691. The van der Waals surface area contributed by atoms with Crippen molar-refractivity contribution in [3.63, 3.8) is 0 Å². The van der Waals surface area contributed by atoms with E-state index in [-0.39, 0.29) is 0 Å². The molecule has 1 aliphatic carbocycles. The summed E-state index contributed by atoms with van der Waals surface area (Å²) >= 11 is 0. The van der Waals surface area contributed by atoms with E-state index in [4.69, 9.17) is 0 Å². The standard InChI is InChI=1S/C12H25N/c1-6-10-7-11(10)12(8(2)3)9(4)13-5/h8-13H,6-7H2,1-5H3. The molecule has 0 heterocycles. The molecule has 1 fully saturated rings. The summed E-state index contributed by atoms with van der Waals surface area (Å²) in [5, 5.41) is 3.41. The van der Waals surface area contributed by atoms with Gasteiger partial charge < -0.3 is 5.32 Å². The molecule has 0 amide bonds. The second kappa shape index (κ2) is 4.45. The van der Waals surface area contributed by atoms with Gasteiger partial charge in [-0.2, -0.15) is 0 Å². The number of rotatable bonds is 5. The Morgan fingerprint density at radius 3 is 2.23 bits per heavy atom. The van der Waals surface area contributed by atoms with Gasteiger partial charge >= 0.3 is 0 Å². The highest BCUT2D eigenvalue weighted by Gasteiger charge is 2.44. The first kappa shape index (κ1) is 11.0. The third kappa shape index (κ3) is 2.46. The van der Waals surface area contributed by atoms with Gasteiger partial charge in [-0.1, -0.05) is 27.2 Å². The van der Waals surface area contributed by atoms with Gasteiger partial charge in [0.15, 0.2) is 0 Å². The Morgan fingerprint density at radius 1 is 1.31 bits per heavy atom. The minimum absolute atomic E-state index is 0.682. The maximum Gasteiger partial charge on any atom is 0.00691 e. The van der Waals surface area contributed by atoms with E-state index in [1.54, 1.807) is 0 Å². The van der Waals surface area contributed by atoms with Crippen molar-refractivity contribution in [1.29, 1.82) is 0 Å². The van der Waals surface area contributed by atoms with Crippen molar-refractivity contribution in [2.24, 2.45) is 23.7 Å². The lowest BCUT2D eigenvalue weighted by molar-refractivity contribution is 0.254. The van der Waals surface area contributed by atoms with Gasteiger partial charge in [-0.3, -0.25) is 0 Å². The van der Waals surface area contributed by atoms with Crippen molar-refractivity contribution in [3.8, 4) is 0 Å². The van der Waals surface area contributed by atoms with E-state index in [2.05, 4.69) is 40.1 Å². The SMILES string of the molecule is CCC1CC1C(C(C)C)C(C)NC. The summed E-state index contributed by atoms with van der Waals surface area (Å²) in [6, 6.07) is 0.682. The van der Waals surface area contributed by atoms with Crippen molar-refractivity contribution in [2.45, 2.75) is 46.6 Å². The summed E-state index contributed by atoms with van der Waals surface area (Å²) < 4.78 is 0. The fourth-order valence-corrected chi connectivity index (χ4v) is 2.85. The summed E-state index contributed by atoms with van der Waals surface area (Å²) in [5.41, 5.74) is 0. The molecule has 1 aliphatic rings. The predicted molar refractivity (Wildman–Crippen MR) is 58.7 cm³/mol. The summed E-state index contributed by atoms with van der Waals surface area (Å²) in [7, 11) is 2.09. The van der Waals surface area contributed by atoms with Crippen molar-refractivity contribution >= 4 is 0 Å². The molecule has 4 atom stereocenters. The molecule has 4 unspecified atom stereocenters. The van der Waals surface area contributed by atoms with Crippen LogP contribution in [0, 0.1) is 23.7 Å². The average molecular weight is 183 g/mol. The Kier molecular flexibility index (Phi) is 3.78. The van der Waals surface area contributed by atoms with Crippen LogP contribution >= 0.6 is 0 Å². The third-order valence-electron chi connectivity index (χ3n) is 3.80. The zero-order valence-corrected chi connectivity index (χ0v) is 9.80. The summed E-state index contributed by atoms with van der Waals surface area (Å²) in [5.74, 6) is 3.74. The van der Waals surface area contributed by atoms with E-state index in [1.165, 1.54) is 12.8 Å². The van der Waals surface area contributed by atoms with Crippen LogP contribution in [0.15, 0.2) is 0 Å². The van der Waals surface area contributed by atoms with Crippen LogP contribution in [-0.2, 0) is 0 Å². The van der Waals surface area contributed by atoms with E-state index in [9.17, 15) is 0 Å². The largest absolute Gasteiger partial charge is 0.317 e. The van der Waals surface area contributed by atoms with Crippen LogP contribution in [0.4, 0.5) is 0 Å². The molecule has 0 aromatic heterocycles. The molecular weight excluding hydrogens is 158 g/mol. The molecule has 1 nitrogen and oxygen atoms in total. The van der Waals surface area contributed by atoms with E-state index in [1.807, 2.05) is 0 Å². The van der Waals surface area contributed by atoms with Crippen LogP contribution in [0.25, 0.3) is 0 Å².